The monoisotopic (exact) mass is 732 g/mol. The van der Waals surface area contributed by atoms with Gasteiger partial charge >= 0.3 is 0 Å². The molecule has 282 valence electrons. The topological polar surface area (TPSA) is 8.17 Å². The minimum atomic E-state index is 0.0726. The fraction of sp³-hybridized carbons (Fsp3) is 0.370. The number of allylic oxidation sites excluding steroid dienone is 9. The van der Waals surface area contributed by atoms with E-state index in [9.17, 15) is 0 Å². The lowest BCUT2D eigenvalue weighted by atomic mass is 9.74. The second-order valence-corrected chi connectivity index (χ2v) is 18.8. The van der Waals surface area contributed by atoms with Crippen LogP contribution in [0.5, 0.6) is 0 Å². The van der Waals surface area contributed by atoms with Crippen LogP contribution in [0.1, 0.15) is 114 Å². The normalized spacial score (nSPS) is 27.1. The third-order valence-electron chi connectivity index (χ3n) is 15.2. The molecule has 7 aliphatic carbocycles. The van der Waals surface area contributed by atoms with Gasteiger partial charge in [0.2, 0.25) is 0 Å². The van der Waals surface area contributed by atoms with Gasteiger partial charge in [0.05, 0.1) is 5.52 Å². The number of hydrogen-bond donors (Lipinski definition) is 0. The molecule has 2 nitrogen and oxygen atoms in total. The first kappa shape index (κ1) is 34.6. The van der Waals surface area contributed by atoms with Crippen molar-refractivity contribution >= 4 is 17.0 Å². The van der Waals surface area contributed by atoms with Crippen LogP contribution in [-0.2, 0) is 11.8 Å². The van der Waals surface area contributed by atoms with Gasteiger partial charge in [-0.2, -0.15) is 0 Å². The summed E-state index contributed by atoms with van der Waals surface area (Å²) in [6.45, 7) is 9.95. The third-order valence-corrected chi connectivity index (χ3v) is 15.2. The van der Waals surface area contributed by atoms with Crippen LogP contribution in [0.3, 0.4) is 0 Å². The minimum absolute atomic E-state index is 0.0726. The zero-order chi connectivity index (χ0) is 37.8. The lowest BCUT2D eigenvalue weighted by Crippen LogP contribution is -2.50. The zero-order valence-electron chi connectivity index (χ0n) is 33.8. The summed E-state index contributed by atoms with van der Waals surface area (Å²) in [5.41, 5.74) is 20.0. The van der Waals surface area contributed by atoms with Crippen molar-refractivity contribution in [3.8, 4) is 5.69 Å². The highest BCUT2D eigenvalue weighted by atomic mass is 15.2. The van der Waals surface area contributed by atoms with Gasteiger partial charge in [0.25, 0.3) is 0 Å². The second kappa shape index (κ2) is 12.9. The lowest BCUT2D eigenvalue weighted by molar-refractivity contribution is 0.103. The van der Waals surface area contributed by atoms with Crippen LogP contribution in [0, 0.1) is 5.41 Å². The molecule has 0 spiro atoms. The maximum absolute atomic E-state index is 3.04. The summed E-state index contributed by atoms with van der Waals surface area (Å²) in [4.78, 5) is 3.04. The smallest absolute Gasteiger partial charge is 0.0537 e. The number of benzene rings is 3. The summed E-state index contributed by atoms with van der Waals surface area (Å²) in [5.74, 6) is 0.570. The molecule has 0 saturated heterocycles. The van der Waals surface area contributed by atoms with Gasteiger partial charge < -0.3 is 4.57 Å². The van der Waals surface area contributed by atoms with Crippen molar-refractivity contribution in [2.75, 3.05) is 0 Å². The van der Waals surface area contributed by atoms with E-state index in [-0.39, 0.29) is 10.8 Å². The molecule has 4 atom stereocenters. The van der Waals surface area contributed by atoms with Crippen LogP contribution in [0.4, 0.5) is 0 Å². The molecule has 2 heteroatoms. The highest BCUT2D eigenvalue weighted by Crippen LogP contribution is 2.57. The predicted molar refractivity (Wildman–Crippen MR) is 234 cm³/mol. The van der Waals surface area contributed by atoms with Crippen LogP contribution in [0.25, 0.3) is 22.7 Å². The van der Waals surface area contributed by atoms with Crippen molar-refractivity contribution in [3.05, 3.63) is 177 Å². The Hall–Kier alpha value is -4.66. The van der Waals surface area contributed by atoms with E-state index in [0.717, 1.165) is 25.7 Å². The van der Waals surface area contributed by atoms with Crippen molar-refractivity contribution in [3.63, 3.8) is 0 Å². The Kier molecular flexibility index (Phi) is 7.99. The molecule has 1 heterocycles. The number of nitrogens with zero attached hydrogens (tertiary/aromatic N) is 2. The van der Waals surface area contributed by atoms with Crippen molar-refractivity contribution in [1.82, 2.24) is 9.47 Å². The van der Waals surface area contributed by atoms with Crippen LogP contribution in [0.15, 0.2) is 154 Å². The van der Waals surface area contributed by atoms with E-state index in [1.807, 2.05) is 0 Å². The third kappa shape index (κ3) is 5.17. The van der Waals surface area contributed by atoms with E-state index in [0.29, 0.717) is 24.0 Å². The van der Waals surface area contributed by atoms with E-state index in [1.54, 1.807) is 50.1 Å². The van der Waals surface area contributed by atoms with E-state index in [1.165, 1.54) is 66.4 Å². The average Bonchev–Trinajstić information content (AvgIpc) is 3.78. The molecule has 0 N–H and O–H groups in total. The van der Waals surface area contributed by atoms with Crippen LogP contribution < -0.4 is 0 Å². The Bertz CT molecular complexity index is 2500. The van der Waals surface area contributed by atoms with Gasteiger partial charge in [-0.3, -0.25) is 4.90 Å². The van der Waals surface area contributed by atoms with Gasteiger partial charge in [-0.25, -0.2) is 0 Å². The fourth-order valence-corrected chi connectivity index (χ4v) is 12.6. The molecule has 7 aliphatic rings. The lowest BCUT2D eigenvalue weighted by Gasteiger charge is -2.46. The molecule has 0 bridgehead atoms. The number of para-hydroxylation sites is 2. The van der Waals surface area contributed by atoms with E-state index >= 15 is 0 Å². The van der Waals surface area contributed by atoms with Crippen LogP contribution in [0.2, 0.25) is 0 Å². The molecule has 3 aromatic carbocycles. The first-order chi connectivity index (χ1) is 27.3. The molecule has 0 amide bonds. The predicted octanol–water partition coefficient (Wildman–Crippen LogP) is 13.2. The van der Waals surface area contributed by atoms with Crippen molar-refractivity contribution in [2.24, 2.45) is 5.41 Å². The van der Waals surface area contributed by atoms with E-state index in [2.05, 4.69) is 159 Å². The Balaban J connectivity index is 0.944. The number of fused-ring (bicyclic) bond motifs is 8. The van der Waals surface area contributed by atoms with Crippen molar-refractivity contribution in [1.29, 1.82) is 0 Å². The standard InChI is InChI=1S/C54H56N2/c1-53(2)47-19-11-8-16-41(47)43-29-27-39(33-49(43)53)55(40-28-30-44-42-17-9-12-20-48(42)54(3,4)50(44)34-40)38-25-22-35(23-26-38)36-24-31-52-46(32-36)45-18-10-13-21-51(45)56(52)37-14-6-5-7-15-37/h5-8,10-16,18-22,30,32-34,38-40,43H,9,17,23-29,31H2,1-4H3. The average molecular weight is 733 g/mol. The summed E-state index contributed by atoms with van der Waals surface area (Å²) >= 11 is 0. The molecular weight excluding hydrogens is 677 g/mol. The largest absolute Gasteiger partial charge is 0.313 e. The summed E-state index contributed by atoms with van der Waals surface area (Å²) in [5, 5.41) is 1.38. The Morgan fingerprint density at radius 2 is 1.52 bits per heavy atom. The quantitative estimate of drug-likeness (QED) is 0.186. The van der Waals surface area contributed by atoms with Crippen molar-refractivity contribution < 1.29 is 0 Å². The molecule has 1 aromatic heterocycles. The van der Waals surface area contributed by atoms with Gasteiger partial charge in [0.1, 0.15) is 0 Å². The van der Waals surface area contributed by atoms with Gasteiger partial charge in [-0.05, 0) is 133 Å². The van der Waals surface area contributed by atoms with Gasteiger partial charge in [-0.15, -0.1) is 0 Å². The number of aromatic nitrogens is 1. The number of hydrogen-bond acceptors (Lipinski definition) is 1. The van der Waals surface area contributed by atoms with E-state index in [4.69, 9.17) is 0 Å². The summed E-state index contributed by atoms with van der Waals surface area (Å²) < 4.78 is 2.51. The molecular formula is C54H56N2. The first-order valence-corrected chi connectivity index (χ1v) is 21.8. The van der Waals surface area contributed by atoms with Gasteiger partial charge in [0.15, 0.2) is 0 Å². The maximum atomic E-state index is 3.04. The molecule has 0 radical (unpaired) electrons. The van der Waals surface area contributed by atoms with Crippen LogP contribution >= 0.6 is 0 Å². The molecule has 11 rings (SSSR count). The fourth-order valence-electron chi connectivity index (χ4n) is 12.6. The Morgan fingerprint density at radius 1 is 0.696 bits per heavy atom. The summed E-state index contributed by atoms with van der Waals surface area (Å²) in [6.07, 6.45) is 30.0. The molecule has 0 aliphatic heterocycles. The van der Waals surface area contributed by atoms with E-state index < -0.39 is 0 Å². The Morgan fingerprint density at radius 3 is 2.38 bits per heavy atom. The summed E-state index contributed by atoms with van der Waals surface area (Å²) in [6, 6.07) is 30.7. The Labute approximate surface area is 334 Å². The molecule has 0 saturated carbocycles. The molecule has 4 unspecified atom stereocenters. The highest BCUT2D eigenvalue weighted by Gasteiger charge is 2.47. The van der Waals surface area contributed by atoms with Crippen LogP contribution in [-0.4, -0.2) is 27.6 Å². The first-order valence-electron chi connectivity index (χ1n) is 21.8. The molecule has 56 heavy (non-hydrogen) atoms. The van der Waals surface area contributed by atoms with Crippen molar-refractivity contribution in [2.45, 2.75) is 121 Å². The highest BCUT2D eigenvalue weighted by molar-refractivity contribution is 5.94. The molecule has 0 fully saturated rings. The zero-order valence-corrected chi connectivity index (χ0v) is 33.8. The minimum Gasteiger partial charge on any atom is -0.313 e. The maximum Gasteiger partial charge on any atom is 0.0537 e. The SMILES string of the molecule is CC1(C)C2=CC(N(C3C=C4C(CC3)c3ccccc3C4(C)C)C3CC=C(C4=Cc5c(n(-c6ccccc6)c6ccccc56)CC4)CC3)CC=C2C2=C1C=CCC2. The molecule has 4 aromatic rings. The van der Waals surface area contributed by atoms with Gasteiger partial charge in [0, 0.05) is 57.2 Å². The van der Waals surface area contributed by atoms with Gasteiger partial charge in [-0.1, -0.05) is 130 Å². The second-order valence-electron chi connectivity index (χ2n) is 18.8. The number of rotatable bonds is 5. The summed E-state index contributed by atoms with van der Waals surface area (Å²) in [7, 11) is 0.